The van der Waals surface area contributed by atoms with Crippen LogP contribution in [0.3, 0.4) is 0 Å². The Balaban J connectivity index is 1.61. The molecule has 2 heterocycles. The van der Waals surface area contributed by atoms with Crippen LogP contribution < -0.4 is 14.8 Å². The maximum absolute atomic E-state index is 13.0. The van der Waals surface area contributed by atoms with E-state index in [1.165, 1.54) is 0 Å². The fourth-order valence-electron chi connectivity index (χ4n) is 4.01. The number of carbonyl (C=O) groups is 1. The molecule has 0 fully saturated rings. The summed E-state index contributed by atoms with van der Waals surface area (Å²) in [6.07, 6.45) is 4.66. The molecule has 0 spiro atoms. The molecule has 2 N–H and O–H groups in total. The van der Waals surface area contributed by atoms with Crippen molar-refractivity contribution in [2.24, 2.45) is 0 Å². The molecule has 0 aliphatic carbocycles. The van der Waals surface area contributed by atoms with Crippen LogP contribution in [0.5, 0.6) is 11.5 Å². The first-order valence-corrected chi connectivity index (χ1v) is 11.1. The van der Waals surface area contributed by atoms with E-state index < -0.39 is 0 Å². The zero-order valence-electron chi connectivity index (χ0n) is 18.6. The highest BCUT2D eigenvalue weighted by atomic mass is 35.5. The second-order valence-electron chi connectivity index (χ2n) is 7.73. The Morgan fingerprint density at radius 3 is 2.70 bits per heavy atom. The van der Waals surface area contributed by atoms with Gasteiger partial charge in [0.25, 0.3) is 0 Å². The van der Waals surface area contributed by atoms with Gasteiger partial charge in [-0.05, 0) is 53.6 Å². The number of aromatic nitrogens is 2. The SMILES string of the molecule is COc1ccc(C(CC(=O)NCCc2ccccn2)c2c[nH]c3ccc(Cl)cc23)cc1OC. The number of nitrogens with zero attached hydrogens (tertiary/aromatic N) is 1. The molecule has 0 radical (unpaired) electrons. The Kier molecular flexibility index (Phi) is 7.15. The Labute approximate surface area is 197 Å². The topological polar surface area (TPSA) is 76.2 Å². The number of fused-ring (bicyclic) bond motifs is 1. The monoisotopic (exact) mass is 463 g/mol. The number of methoxy groups -OCH3 is 2. The summed E-state index contributed by atoms with van der Waals surface area (Å²) < 4.78 is 10.9. The van der Waals surface area contributed by atoms with Crippen LogP contribution in [-0.4, -0.2) is 36.6 Å². The van der Waals surface area contributed by atoms with E-state index in [9.17, 15) is 4.79 Å². The normalized spacial score (nSPS) is 11.8. The van der Waals surface area contributed by atoms with Crippen molar-refractivity contribution in [3.8, 4) is 11.5 Å². The molecule has 33 heavy (non-hydrogen) atoms. The molecule has 1 amide bonds. The number of hydrogen-bond acceptors (Lipinski definition) is 4. The van der Waals surface area contributed by atoms with Gasteiger partial charge in [-0.25, -0.2) is 0 Å². The van der Waals surface area contributed by atoms with Gasteiger partial charge in [-0.3, -0.25) is 9.78 Å². The molecular formula is C26H26ClN3O3. The molecule has 7 heteroatoms. The van der Waals surface area contributed by atoms with Gasteiger partial charge in [0.15, 0.2) is 11.5 Å². The van der Waals surface area contributed by atoms with E-state index in [0.717, 1.165) is 27.7 Å². The molecule has 0 saturated heterocycles. The molecule has 4 rings (SSSR count). The number of aromatic amines is 1. The number of carbonyl (C=O) groups excluding carboxylic acids is 1. The molecule has 170 valence electrons. The minimum atomic E-state index is -0.202. The van der Waals surface area contributed by atoms with E-state index in [1.54, 1.807) is 20.4 Å². The fourth-order valence-corrected chi connectivity index (χ4v) is 4.19. The highest BCUT2D eigenvalue weighted by molar-refractivity contribution is 6.31. The summed E-state index contributed by atoms with van der Waals surface area (Å²) in [5.74, 6) is 1.02. The van der Waals surface area contributed by atoms with Gasteiger partial charge in [0, 0.05) is 59.3 Å². The van der Waals surface area contributed by atoms with Crippen LogP contribution >= 0.6 is 11.6 Å². The lowest BCUT2D eigenvalue weighted by molar-refractivity contribution is -0.121. The molecule has 0 bridgehead atoms. The molecule has 2 aromatic heterocycles. The first kappa shape index (κ1) is 22.7. The molecule has 0 aliphatic rings. The minimum absolute atomic E-state index is 0.0397. The van der Waals surface area contributed by atoms with E-state index in [0.29, 0.717) is 29.5 Å². The summed E-state index contributed by atoms with van der Waals surface area (Å²) in [6, 6.07) is 17.2. The third-order valence-electron chi connectivity index (χ3n) is 5.68. The van der Waals surface area contributed by atoms with Crippen molar-refractivity contribution in [3.63, 3.8) is 0 Å². The largest absolute Gasteiger partial charge is 0.493 e. The second kappa shape index (κ2) is 10.4. The van der Waals surface area contributed by atoms with Crippen LogP contribution in [0, 0.1) is 0 Å². The van der Waals surface area contributed by atoms with E-state index in [-0.39, 0.29) is 18.2 Å². The van der Waals surface area contributed by atoms with Gasteiger partial charge in [-0.1, -0.05) is 23.7 Å². The minimum Gasteiger partial charge on any atom is -0.493 e. The van der Waals surface area contributed by atoms with Gasteiger partial charge < -0.3 is 19.8 Å². The summed E-state index contributed by atoms with van der Waals surface area (Å²) in [6.45, 7) is 0.522. The lowest BCUT2D eigenvalue weighted by Gasteiger charge is -2.19. The summed E-state index contributed by atoms with van der Waals surface area (Å²) in [5, 5.41) is 4.67. The average molecular weight is 464 g/mol. The smallest absolute Gasteiger partial charge is 0.220 e. The number of ether oxygens (including phenoxy) is 2. The molecule has 0 aliphatic heterocycles. The highest BCUT2D eigenvalue weighted by Crippen LogP contribution is 2.38. The van der Waals surface area contributed by atoms with Gasteiger partial charge in [0.05, 0.1) is 14.2 Å². The molecule has 0 saturated carbocycles. The second-order valence-corrected chi connectivity index (χ2v) is 8.16. The van der Waals surface area contributed by atoms with Gasteiger partial charge in [-0.2, -0.15) is 0 Å². The number of rotatable bonds is 9. The van der Waals surface area contributed by atoms with Gasteiger partial charge in [0.2, 0.25) is 5.91 Å². The van der Waals surface area contributed by atoms with Crippen LogP contribution in [0.1, 0.15) is 29.2 Å². The zero-order chi connectivity index (χ0) is 23.2. The van der Waals surface area contributed by atoms with Gasteiger partial charge >= 0.3 is 0 Å². The lowest BCUT2D eigenvalue weighted by atomic mass is 9.87. The van der Waals surface area contributed by atoms with Crippen molar-refractivity contribution in [2.45, 2.75) is 18.8 Å². The van der Waals surface area contributed by atoms with Gasteiger partial charge in [0.1, 0.15) is 0 Å². The van der Waals surface area contributed by atoms with E-state index in [4.69, 9.17) is 21.1 Å². The summed E-state index contributed by atoms with van der Waals surface area (Å²) >= 11 is 6.28. The lowest BCUT2D eigenvalue weighted by Crippen LogP contribution is -2.27. The first-order chi connectivity index (χ1) is 16.1. The summed E-state index contributed by atoms with van der Waals surface area (Å²) in [7, 11) is 3.21. The van der Waals surface area contributed by atoms with Crippen molar-refractivity contribution in [3.05, 3.63) is 88.8 Å². The van der Waals surface area contributed by atoms with Crippen LogP contribution in [0.15, 0.2) is 67.0 Å². The summed E-state index contributed by atoms with van der Waals surface area (Å²) in [5.41, 5.74) is 3.86. The predicted octanol–water partition coefficient (Wildman–Crippen LogP) is 5.11. The Hall–Kier alpha value is -3.51. The first-order valence-electron chi connectivity index (χ1n) is 10.7. The number of hydrogen-bond donors (Lipinski definition) is 2. The number of pyridine rings is 1. The standard InChI is InChI=1S/C26H26ClN3O3/c1-32-24-9-6-17(13-25(24)33-2)20(22-16-30-23-8-7-18(27)14-21(22)23)15-26(31)29-12-10-19-5-3-4-11-28-19/h3-9,11,13-14,16,20,30H,10,12,15H2,1-2H3,(H,29,31). The average Bonchev–Trinajstić information content (AvgIpc) is 3.25. The number of nitrogens with one attached hydrogen (secondary N) is 2. The molecule has 4 aromatic rings. The van der Waals surface area contributed by atoms with Crippen LogP contribution in [0.2, 0.25) is 5.02 Å². The van der Waals surface area contributed by atoms with Crippen molar-refractivity contribution >= 4 is 28.4 Å². The third-order valence-corrected chi connectivity index (χ3v) is 5.92. The van der Waals surface area contributed by atoms with Crippen molar-refractivity contribution < 1.29 is 14.3 Å². The fraction of sp³-hybridized carbons (Fsp3) is 0.231. The summed E-state index contributed by atoms with van der Waals surface area (Å²) in [4.78, 5) is 20.6. The zero-order valence-corrected chi connectivity index (χ0v) is 19.4. The maximum Gasteiger partial charge on any atom is 0.220 e. The van der Waals surface area contributed by atoms with Crippen molar-refractivity contribution in [1.29, 1.82) is 0 Å². The molecule has 1 atom stereocenters. The van der Waals surface area contributed by atoms with Crippen LogP contribution in [0.4, 0.5) is 0 Å². The Morgan fingerprint density at radius 1 is 1.09 bits per heavy atom. The number of benzene rings is 2. The predicted molar refractivity (Wildman–Crippen MR) is 130 cm³/mol. The Morgan fingerprint density at radius 2 is 1.94 bits per heavy atom. The van der Waals surface area contributed by atoms with Crippen molar-refractivity contribution in [1.82, 2.24) is 15.3 Å². The molecule has 6 nitrogen and oxygen atoms in total. The van der Waals surface area contributed by atoms with E-state index >= 15 is 0 Å². The molecule has 1 unspecified atom stereocenters. The van der Waals surface area contributed by atoms with E-state index in [2.05, 4.69) is 15.3 Å². The number of H-pyrrole nitrogens is 1. The van der Waals surface area contributed by atoms with Crippen LogP contribution in [-0.2, 0) is 11.2 Å². The molecule has 2 aromatic carbocycles. The molecular weight excluding hydrogens is 438 g/mol. The number of halogens is 1. The third kappa shape index (κ3) is 5.29. The quantitative estimate of drug-likeness (QED) is 0.361. The van der Waals surface area contributed by atoms with Gasteiger partial charge in [-0.15, -0.1) is 0 Å². The van der Waals surface area contributed by atoms with E-state index in [1.807, 2.05) is 60.8 Å². The number of amides is 1. The Bertz CT molecular complexity index is 1240. The highest BCUT2D eigenvalue weighted by Gasteiger charge is 2.23. The maximum atomic E-state index is 13.0. The van der Waals surface area contributed by atoms with Crippen molar-refractivity contribution in [2.75, 3.05) is 20.8 Å². The van der Waals surface area contributed by atoms with Crippen LogP contribution in [0.25, 0.3) is 10.9 Å².